The number of carbonyl (C=O) groups is 3. The van der Waals surface area contributed by atoms with Gasteiger partial charge in [0, 0.05) is 50.0 Å². The average Bonchev–Trinajstić information content (AvgIpc) is 2.97. The summed E-state index contributed by atoms with van der Waals surface area (Å²) in [5.74, 6) is 0.480. The Morgan fingerprint density at radius 1 is 0.932 bits per heavy atom. The van der Waals surface area contributed by atoms with Gasteiger partial charge in [0.1, 0.15) is 0 Å². The number of hydrogen-bond donors (Lipinski definition) is 3. The minimum Gasteiger partial charge on any atom is -0.356 e. The molecule has 2 aromatic carbocycles. The molecule has 2 unspecified atom stereocenters. The highest BCUT2D eigenvalue weighted by Crippen LogP contribution is 2.36. The van der Waals surface area contributed by atoms with E-state index in [1.165, 1.54) is 6.66 Å². The van der Waals surface area contributed by atoms with E-state index in [0.717, 1.165) is 48.1 Å². The fourth-order valence-electron chi connectivity index (χ4n) is 4.62. The first-order valence-electron chi connectivity index (χ1n) is 15.0. The summed E-state index contributed by atoms with van der Waals surface area (Å²) >= 11 is 0. The van der Waals surface area contributed by atoms with E-state index < -0.39 is 7.60 Å². The van der Waals surface area contributed by atoms with Gasteiger partial charge in [-0.1, -0.05) is 96.0 Å². The average molecular weight is 662 g/mol. The first kappa shape index (κ1) is 35.9. The van der Waals surface area contributed by atoms with E-state index in [-0.39, 0.29) is 42.4 Å². The summed E-state index contributed by atoms with van der Waals surface area (Å²) in [6, 6.07) is 15.8. The first-order valence-corrected chi connectivity index (χ1v) is 19.4. The summed E-state index contributed by atoms with van der Waals surface area (Å²) in [5, 5.41) is 5.98. The molecule has 0 aromatic heterocycles. The lowest BCUT2D eigenvalue weighted by atomic mass is 10.0. The summed E-state index contributed by atoms with van der Waals surface area (Å²) in [6.07, 6.45) is 8.14. The molecule has 2 atom stereocenters. The van der Waals surface area contributed by atoms with E-state index in [1.54, 1.807) is 26.5 Å². The molecular formula is C32H44N3O6PS2. The third-order valence-corrected chi connectivity index (χ3v) is 10.4. The zero-order valence-electron chi connectivity index (χ0n) is 25.5. The van der Waals surface area contributed by atoms with E-state index in [2.05, 4.69) is 16.7 Å². The van der Waals surface area contributed by atoms with Gasteiger partial charge in [-0.25, -0.2) is 0 Å². The van der Waals surface area contributed by atoms with E-state index in [0.29, 0.717) is 31.8 Å². The molecule has 0 bridgehead atoms. The summed E-state index contributed by atoms with van der Waals surface area (Å²) in [6.45, 7) is 5.02. The number of unbranched alkanes of at least 4 members (excludes halogenated alkanes) is 3. The van der Waals surface area contributed by atoms with Crippen LogP contribution in [0.3, 0.4) is 0 Å². The Labute approximate surface area is 268 Å². The van der Waals surface area contributed by atoms with Crippen LogP contribution in [0, 0.1) is 0 Å². The summed E-state index contributed by atoms with van der Waals surface area (Å²) in [5.41, 5.74) is 3.95. The monoisotopic (exact) mass is 661 g/mol. The second-order valence-corrected chi connectivity index (χ2v) is 15.5. The lowest BCUT2D eigenvalue weighted by Crippen LogP contribution is -2.33. The van der Waals surface area contributed by atoms with Crippen LogP contribution in [0.25, 0.3) is 12.2 Å². The molecule has 1 aliphatic rings. The van der Waals surface area contributed by atoms with Crippen molar-refractivity contribution in [2.75, 3.05) is 37.0 Å². The van der Waals surface area contributed by atoms with Crippen LogP contribution in [0.1, 0.15) is 68.6 Å². The molecular weight excluding hydrogens is 617 g/mol. The van der Waals surface area contributed by atoms with E-state index in [1.807, 2.05) is 61.5 Å². The van der Waals surface area contributed by atoms with Crippen LogP contribution in [0.15, 0.2) is 48.5 Å². The Balaban J connectivity index is 1.27. The maximum atomic E-state index is 13.3. The number of anilines is 1. The number of nitrogens with zero attached hydrogens (tertiary/aromatic N) is 1. The maximum Gasteiger partial charge on any atom is 0.325 e. The Morgan fingerprint density at radius 2 is 1.61 bits per heavy atom. The number of fused-ring (bicyclic) bond motifs is 2. The zero-order chi connectivity index (χ0) is 31.8. The van der Waals surface area contributed by atoms with Crippen molar-refractivity contribution in [3.05, 3.63) is 65.2 Å². The third-order valence-electron chi connectivity index (χ3n) is 6.86. The van der Waals surface area contributed by atoms with Crippen LogP contribution < -0.4 is 15.5 Å². The fourth-order valence-corrected chi connectivity index (χ4v) is 7.26. The van der Waals surface area contributed by atoms with Crippen LogP contribution in [0.2, 0.25) is 0 Å². The van der Waals surface area contributed by atoms with Gasteiger partial charge in [0.15, 0.2) is 0 Å². The number of carbonyl (C=O) groups excluding carboxylic acids is 3. The van der Waals surface area contributed by atoms with Gasteiger partial charge >= 0.3 is 7.60 Å². The number of rotatable bonds is 18. The van der Waals surface area contributed by atoms with E-state index in [4.69, 9.17) is 9.42 Å². The maximum absolute atomic E-state index is 13.3. The quantitative estimate of drug-likeness (QED) is 0.0971. The van der Waals surface area contributed by atoms with Gasteiger partial charge in [0.2, 0.25) is 17.7 Å². The number of para-hydroxylation sites is 1. The van der Waals surface area contributed by atoms with Crippen LogP contribution >= 0.6 is 29.2 Å². The fraction of sp³-hybridized carbons (Fsp3) is 0.469. The van der Waals surface area contributed by atoms with Crippen molar-refractivity contribution in [1.29, 1.82) is 0 Å². The summed E-state index contributed by atoms with van der Waals surface area (Å²) in [4.78, 5) is 48.8. The molecule has 3 N–H and O–H groups in total. The molecule has 3 amide bonds. The molecule has 0 spiro atoms. The zero-order valence-corrected chi connectivity index (χ0v) is 28.1. The highest BCUT2D eigenvalue weighted by atomic mass is 33.1. The van der Waals surface area contributed by atoms with Crippen LogP contribution in [0.4, 0.5) is 5.69 Å². The Hall–Kier alpha value is -2.56. The predicted molar refractivity (Wildman–Crippen MR) is 183 cm³/mol. The molecule has 0 saturated carbocycles. The van der Waals surface area contributed by atoms with Crippen molar-refractivity contribution in [2.24, 2.45) is 0 Å². The molecule has 9 nitrogen and oxygen atoms in total. The SMILES string of the molecule is CC(CC(=O)NCCCCCCOP(C)(=O)O)SSCCNC(=O)CCC(=O)N1Cc2ccccc2/C=C\c2ccccc21. The number of benzene rings is 2. The molecule has 0 fully saturated rings. The van der Waals surface area contributed by atoms with Crippen molar-refractivity contribution >= 4 is 64.7 Å². The van der Waals surface area contributed by atoms with Gasteiger partial charge in [0.05, 0.1) is 18.8 Å². The molecule has 0 radical (unpaired) electrons. The molecule has 12 heteroatoms. The largest absolute Gasteiger partial charge is 0.356 e. The van der Waals surface area contributed by atoms with Gasteiger partial charge < -0.3 is 25.0 Å². The Kier molecular flexibility index (Phi) is 15.6. The van der Waals surface area contributed by atoms with Gasteiger partial charge in [-0.2, -0.15) is 0 Å². The predicted octanol–water partition coefficient (Wildman–Crippen LogP) is 6.27. The van der Waals surface area contributed by atoms with Gasteiger partial charge in [-0.15, -0.1) is 0 Å². The molecule has 44 heavy (non-hydrogen) atoms. The summed E-state index contributed by atoms with van der Waals surface area (Å²) < 4.78 is 15.9. The van der Waals surface area contributed by atoms with E-state index in [9.17, 15) is 18.9 Å². The van der Waals surface area contributed by atoms with Gasteiger partial charge in [0.25, 0.3) is 0 Å². The smallest absolute Gasteiger partial charge is 0.325 e. The molecule has 0 saturated heterocycles. The standard InChI is InChI=1S/C32H44N3O6PS2/c1-25(23-31(37)33-19-9-3-4-10-21-41-42(2,39)40)44-43-22-20-34-30(36)17-18-32(38)35-24-28-13-6-5-11-26(28)15-16-27-12-7-8-14-29(27)35/h5-8,11-16,25H,3-4,9-10,17-24H2,1-2H3,(H,33,37)(H,34,36)(H,39,40)/b16-15-. The van der Waals surface area contributed by atoms with Crippen molar-refractivity contribution in [3.8, 4) is 0 Å². The van der Waals surface area contributed by atoms with Crippen molar-refractivity contribution in [1.82, 2.24) is 10.6 Å². The molecule has 3 rings (SSSR count). The highest BCUT2D eigenvalue weighted by molar-refractivity contribution is 8.76. The third kappa shape index (κ3) is 13.6. The topological polar surface area (TPSA) is 125 Å². The first-order chi connectivity index (χ1) is 21.1. The van der Waals surface area contributed by atoms with Crippen LogP contribution in [-0.4, -0.2) is 60.0 Å². The van der Waals surface area contributed by atoms with Crippen molar-refractivity contribution in [3.63, 3.8) is 0 Å². The Morgan fingerprint density at radius 3 is 2.41 bits per heavy atom. The second kappa shape index (κ2) is 19.1. The number of amides is 3. The normalized spacial score (nSPS) is 15.1. The lowest BCUT2D eigenvalue weighted by Gasteiger charge is -2.27. The lowest BCUT2D eigenvalue weighted by molar-refractivity contribution is -0.125. The Bertz CT molecular complexity index is 1320. The number of nitrogens with one attached hydrogen (secondary N) is 2. The van der Waals surface area contributed by atoms with Gasteiger partial charge in [-0.05, 0) is 35.6 Å². The van der Waals surface area contributed by atoms with Gasteiger partial charge in [-0.3, -0.25) is 18.9 Å². The van der Waals surface area contributed by atoms with Crippen LogP contribution in [0.5, 0.6) is 0 Å². The minimum absolute atomic E-state index is 0.0151. The minimum atomic E-state index is -3.39. The molecule has 0 aliphatic carbocycles. The van der Waals surface area contributed by atoms with E-state index >= 15 is 0 Å². The molecule has 2 aromatic rings. The molecule has 1 aliphatic heterocycles. The molecule has 240 valence electrons. The van der Waals surface area contributed by atoms with Crippen molar-refractivity contribution < 1.29 is 28.4 Å². The van der Waals surface area contributed by atoms with Crippen molar-refractivity contribution in [2.45, 2.75) is 63.7 Å². The summed E-state index contributed by atoms with van der Waals surface area (Å²) in [7, 11) is -0.158. The van der Waals surface area contributed by atoms with Crippen LogP contribution in [-0.2, 0) is 30.0 Å². The number of hydrogen-bond acceptors (Lipinski definition) is 7. The molecule has 1 heterocycles. The second-order valence-electron chi connectivity index (χ2n) is 10.8. The highest BCUT2D eigenvalue weighted by Gasteiger charge is 2.21.